The Morgan fingerprint density at radius 3 is 2.40 bits per heavy atom. The number of hydrogen-bond donors (Lipinski definition) is 1. The van der Waals surface area contributed by atoms with Gasteiger partial charge < -0.3 is 10.2 Å². The van der Waals surface area contributed by atoms with E-state index in [0.717, 1.165) is 24.7 Å². The van der Waals surface area contributed by atoms with Gasteiger partial charge in [0.25, 0.3) is 0 Å². The molecule has 1 aromatic carbocycles. The average Bonchev–Trinajstić information content (AvgIpc) is 2.54. The van der Waals surface area contributed by atoms with Gasteiger partial charge in [0.1, 0.15) is 6.04 Å². The average molecular weight is 366 g/mol. The largest absolute Gasteiger partial charge is 0.344 e. The van der Waals surface area contributed by atoms with Gasteiger partial charge in [-0.05, 0) is 24.6 Å². The second kappa shape index (κ2) is 8.19. The Balaban J connectivity index is 1.82. The molecule has 1 saturated heterocycles. The molecule has 6 heteroatoms. The zero-order valence-corrected chi connectivity index (χ0v) is 16.3. The van der Waals surface area contributed by atoms with Crippen LogP contribution in [0, 0.1) is 5.41 Å². The number of amides is 2. The number of halogens is 1. The van der Waals surface area contributed by atoms with Crippen LogP contribution < -0.4 is 5.32 Å². The van der Waals surface area contributed by atoms with Gasteiger partial charge in [-0.3, -0.25) is 14.5 Å². The van der Waals surface area contributed by atoms with E-state index in [1.165, 1.54) is 5.56 Å². The van der Waals surface area contributed by atoms with Crippen LogP contribution in [0.3, 0.4) is 0 Å². The normalized spacial score (nSPS) is 17.2. The Labute approximate surface area is 155 Å². The summed E-state index contributed by atoms with van der Waals surface area (Å²) in [6, 6.07) is 7.37. The minimum absolute atomic E-state index is 0.0139. The summed E-state index contributed by atoms with van der Waals surface area (Å²) in [6.07, 6.45) is 0. The van der Waals surface area contributed by atoms with E-state index in [9.17, 15) is 9.59 Å². The molecular formula is C19H28ClN3O2. The van der Waals surface area contributed by atoms with E-state index >= 15 is 0 Å². The highest BCUT2D eigenvalue weighted by Crippen LogP contribution is 2.15. The van der Waals surface area contributed by atoms with Crippen molar-refractivity contribution in [3.05, 3.63) is 34.9 Å². The first kappa shape index (κ1) is 19.7. The summed E-state index contributed by atoms with van der Waals surface area (Å²) >= 11 is 6.03. The predicted octanol–water partition coefficient (Wildman–Crippen LogP) is 2.54. The van der Waals surface area contributed by atoms with Gasteiger partial charge in [-0.25, -0.2) is 0 Å². The fourth-order valence-electron chi connectivity index (χ4n) is 2.77. The van der Waals surface area contributed by atoms with Crippen LogP contribution in [0.1, 0.15) is 33.3 Å². The summed E-state index contributed by atoms with van der Waals surface area (Å²) in [5, 5.41) is 3.56. The van der Waals surface area contributed by atoms with Gasteiger partial charge in [0.2, 0.25) is 11.8 Å². The molecule has 1 fully saturated rings. The lowest BCUT2D eigenvalue weighted by atomic mass is 9.95. The van der Waals surface area contributed by atoms with E-state index in [1.807, 2.05) is 43.9 Å². The number of nitrogens with zero attached hydrogens (tertiary/aromatic N) is 2. The van der Waals surface area contributed by atoms with Crippen LogP contribution in [0.5, 0.6) is 0 Å². The third kappa shape index (κ3) is 5.72. The first-order chi connectivity index (χ1) is 11.7. The number of nitrogens with one attached hydrogen (secondary N) is 1. The van der Waals surface area contributed by atoms with E-state index < -0.39 is 11.5 Å². The summed E-state index contributed by atoms with van der Waals surface area (Å²) in [5.41, 5.74) is 0.683. The Morgan fingerprint density at radius 2 is 1.84 bits per heavy atom. The SMILES string of the molecule is CC(NC(=O)C(C)(C)C)C(=O)N1CCN(Cc2cccc(Cl)c2)CC1. The maximum Gasteiger partial charge on any atom is 0.244 e. The van der Waals surface area contributed by atoms with Crippen molar-refractivity contribution in [2.75, 3.05) is 26.2 Å². The van der Waals surface area contributed by atoms with Crippen molar-refractivity contribution in [2.45, 2.75) is 40.3 Å². The number of hydrogen-bond acceptors (Lipinski definition) is 3. The minimum atomic E-state index is -0.496. The Hall–Kier alpha value is -1.59. The zero-order valence-electron chi connectivity index (χ0n) is 15.5. The molecule has 0 saturated carbocycles. The van der Waals surface area contributed by atoms with Gasteiger partial charge in [0, 0.05) is 43.2 Å². The zero-order chi connectivity index (χ0) is 18.6. The molecule has 1 aliphatic heterocycles. The van der Waals surface area contributed by atoms with E-state index in [1.54, 1.807) is 6.92 Å². The Morgan fingerprint density at radius 1 is 1.20 bits per heavy atom. The highest BCUT2D eigenvalue weighted by molar-refractivity contribution is 6.30. The minimum Gasteiger partial charge on any atom is -0.344 e. The van der Waals surface area contributed by atoms with Crippen molar-refractivity contribution in [1.82, 2.24) is 15.1 Å². The molecule has 2 amide bonds. The molecule has 1 aromatic rings. The monoisotopic (exact) mass is 365 g/mol. The summed E-state index contributed by atoms with van der Waals surface area (Å²) in [7, 11) is 0. The molecule has 1 heterocycles. The van der Waals surface area contributed by atoms with Crippen molar-refractivity contribution < 1.29 is 9.59 Å². The Kier molecular flexibility index (Phi) is 6.47. The van der Waals surface area contributed by atoms with E-state index in [2.05, 4.69) is 16.3 Å². The number of rotatable bonds is 4. The van der Waals surface area contributed by atoms with Gasteiger partial charge in [-0.15, -0.1) is 0 Å². The molecule has 1 aliphatic rings. The quantitative estimate of drug-likeness (QED) is 0.892. The summed E-state index contributed by atoms with van der Waals surface area (Å²) < 4.78 is 0. The molecule has 5 nitrogen and oxygen atoms in total. The third-order valence-corrected chi connectivity index (χ3v) is 4.61. The molecular weight excluding hydrogens is 338 g/mol. The predicted molar refractivity (Wildman–Crippen MR) is 100 cm³/mol. The van der Waals surface area contributed by atoms with Crippen molar-refractivity contribution >= 4 is 23.4 Å². The number of benzene rings is 1. The second-order valence-electron chi connectivity index (χ2n) is 7.68. The van der Waals surface area contributed by atoms with Gasteiger partial charge in [-0.1, -0.05) is 44.5 Å². The van der Waals surface area contributed by atoms with Crippen LogP contribution in [0.4, 0.5) is 0 Å². The summed E-state index contributed by atoms with van der Waals surface area (Å²) in [4.78, 5) is 28.7. The molecule has 0 bridgehead atoms. The van der Waals surface area contributed by atoms with Crippen LogP contribution in [0.2, 0.25) is 5.02 Å². The molecule has 0 spiro atoms. The maximum atomic E-state index is 12.5. The van der Waals surface area contributed by atoms with Crippen LogP contribution >= 0.6 is 11.6 Å². The number of carbonyl (C=O) groups excluding carboxylic acids is 2. The van der Waals surface area contributed by atoms with Crippen molar-refractivity contribution in [3.63, 3.8) is 0 Å². The van der Waals surface area contributed by atoms with Crippen molar-refractivity contribution in [2.24, 2.45) is 5.41 Å². The van der Waals surface area contributed by atoms with Crippen LogP contribution in [-0.4, -0.2) is 53.8 Å². The first-order valence-electron chi connectivity index (χ1n) is 8.73. The van der Waals surface area contributed by atoms with Gasteiger partial charge >= 0.3 is 0 Å². The lowest BCUT2D eigenvalue weighted by Crippen LogP contribution is -2.54. The maximum absolute atomic E-state index is 12.5. The second-order valence-corrected chi connectivity index (χ2v) is 8.11. The fraction of sp³-hybridized carbons (Fsp3) is 0.579. The molecule has 0 aliphatic carbocycles. The van der Waals surface area contributed by atoms with Gasteiger partial charge in [0.05, 0.1) is 0 Å². The smallest absolute Gasteiger partial charge is 0.244 e. The van der Waals surface area contributed by atoms with E-state index in [4.69, 9.17) is 11.6 Å². The standard InChI is InChI=1S/C19H28ClN3O2/c1-14(21-18(25)19(2,3)4)17(24)23-10-8-22(9-11-23)13-15-6-5-7-16(20)12-15/h5-7,12,14H,8-11,13H2,1-4H3,(H,21,25). The lowest BCUT2D eigenvalue weighted by Gasteiger charge is -2.36. The van der Waals surface area contributed by atoms with Crippen molar-refractivity contribution in [1.29, 1.82) is 0 Å². The molecule has 138 valence electrons. The molecule has 1 N–H and O–H groups in total. The molecule has 0 radical (unpaired) electrons. The lowest BCUT2D eigenvalue weighted by molar-refractivity contribution is -0.139. The molecule has 25 heavy (non-hydrogen) atoms. The molecule has 2 rings (SSSR count). The highest BCUT2D eigenvalue weighted by atomic mass is 35.5. The van der Waals surface area contributed by atoms with Crippen LogP contribution in [0.15, 0.2) is 24.3 Å². The molecule has 0 aromatic heterocycles. The fourth-order valence-corrected chi connectivity index (χ4v) is 2.98. The van der Waals surface area contributed by atoms with Gasteiger partial charge in [0.15, 0.2) is 0 Å². The third-order valence-electron chi connectivity index (χ3n) is 4.38. The highest BCUT2D eigenvalue weighted by Gasteiger charge is 2.29. The molecule has 1 atom stereocenters. The number of carbonyl (C=O) groups is 2. The van der Waals surface area contributed by atoms with Crippen LogP contribution in [0.25, 0.3) is 0 Å². The topological polar surface area (TPSA) is 52.7 Å². The van der Waals surface area contributed by atoms with Gasteiger partial charge in [-0.2, -0.15) is 0 Å². The van der Waals surface area contributed by atoms with Crippen molar-refractivity contribution in [3.8, 4) is 0 Å². The summed E-state index contributed by atoms with van der Waals surface area (Å²) in [5.74, 6) is -0.118. The molecule has 1 unspecified atom stereocenters. The first-order valence-corrected chi connectivity index (χ1v) is 9.11. The van der Waals surface area contributed by atoms with E-state index in [0.29, 0.717) is 13.1 Å². The Bertz CT molecular complexity index is 619. The summed E-state index contributed by atoms with van der Waals surface area (Å²) in [6.45, 7) is 11.1. The van der Waals surface area contributed by atoms with E-state index in [-0.39, 0.29) is 11.8 Å². The van der Waals surface area contributed by atoms with Crippen LogP contribution in [-0.2, 0) is 16.1 Å². The number of piperazine rings is 1.